The van der Waals surface area contributed by atoms with E-state index in [0.29, 0.717) is 22.9 Å². The van der Waals surface area contributed by atoms with Gasteiger partial charge in [-0.1, -0.05) is 43.3 Å². The Morgan fingerprint density at radius 2 is 1.92 bits per heavy atom. The molecule has 2 aromatic rings. The number of nitrogens with zero attached hydrogens (tertiary/aromatic N) is 1. The predicted molar refractivity (Wildman–Crippen MR) is 105 cm³/mol. The van der Waals surface area contributed by atoms with Gasteiger partial charge in [0.05, 0.1) is 18.8 Å². The van der Waals surface area contributed by atoms with E-state index in [1.165, 1.54) is 38.5 Å². The minimum Gasteiger partial charge on any atom is -0.381 e. The highest BCUT2D eigenvalue weighted by Crippen LogP contribution is 2.24. The van der Waals surface area contributed by atoms with Gasteiger partial charge in [-0.3, -0.25) is 4.79 Å². The molecule has 2 heterocycles. The normalized spacial score (nSPS) is 19.2. The number of rotatable bonds is 5. The second kappa shape index (κ2) is 7.87. The molecule has 2 fully saturated rings. The van der Waals surface area contributed by atoms with E-state index in [1.807, 2.05) is 24.4 Å². The molecule has 1 N–H and O–H groups in total. The number of hydrogen-bond acceptors (Lipinski definition) is 2. The fraction of sp³-hybridized carbons (Fsp3) is 0.571. The minimum absolute atomic E-state index is 0.000700. The van der Waals surface area contributed by atoms with Crippen LogP contribution in [0.2, 0.25) is 0 Å². The Morgan fingerprint density at radius 3 is 2.62 bits per heavy atom. The summed E-state index contributed by atoms with van der Waals surface area (Å²) in [7, 11) is 6.23. The van der Waals surface area contributed by atoms with Crippen LogP contribution in [-0.2, 0) is 11.3 Å². The number of aromatic nitrogens is 1. The number of nitrogens with one attached hydrogen (secondary N) is 1. The lowest BCUT2D eigenvalue weighted by Crippen LogP contribution is -2.31. The number of carbonyl (C=O) groups is 1. The summed E-state index contributed by atoms with van der Waals surface area (Å²) in [6.45, 7) is 3.24. The quantitative estimate of drug-likeness (QED) is 0.666. The van der Waals surface area contributed by atoms with Gasteiger partial charge in [-0.05, 0) is 24.8 Å². The zero-order valence-corrected chi connectivity index (χ0v) is 15.4. The summed E-state index contributed by atoms with van der Waals surface area (Å²) >= 11 is 0. The van der Waals surface area contributed by atoms with Crippen molar-refractivity contribution in [2.45, 2.75) is 45.1 Å². The van der Waals surface area contributed by atoms with Gasteiger partial charge in [-0.25, -0.2) is 0 Å². The molecular weight excluding hydrogens is 323 g/mol. The summed E-state index contributed by atoms with van der Waals surface area (Å²) < 4.78 is 7.46. The fourth-order valence-electron chi connectivity index (χ4n) is 4.27. The highest BCUT2D eigenvalue weighted by Gasteiger charge is 2.23. The standard InChI is InChI=1S/C21H27BN2O2/c22-18-8-5-9-19-20(18)17(12-24(19)11-16-13-26-14-16)21(25)23-10-15-6-3-1-2-4-7-15/h5,8-9,12,15-16H,1-4,6-7,10-11,13-14H2,(H,23,25). The van der Waals surface area contributed by atoms with Crippen molar-refractivity contribution in [2.75, 3.05) is 19.8 Å². The average molecular weight is 350 g/mol. The molecule has 1 aliphatic heterocycles. The molecule has 4 rings (SSSR count). The van der Waals surface area contributed by atoms with E-state index in [1.54, 1.807) is 0 Å². The maximum Gasteiger partial charge on any atom is 0.253 e. The van der Waals surface area contributed by atoms with E-state index < -0.39 is 0 Å². The van der Waals surface area contributed by atoms with Crippen LogP contribution in [0.3, 0.4) is 0 Å². The third kappa shape index (κ3) is 3.68. The monoisotopic (exact) mass is 350 g/mol. The Bertz CT molecular complexity index is 774. The number of benzene rings is 1. The van der Waals surface area contributed by atoms with Crippen molar-refractivity contribution in [2.24, 2.45) is 11.8 Å². The van der Waals surface area contributed by atoms with Gasteiger partial charge in [0.15, 0.2) is 0 Å². The molecule has 2 radical (unpaired) electrons. The van der Waals surface area contributed by atoms with E-state index in [9.17, 15) is 4.79 Å². The molecule has 1 saturated heterocycles. The first kappa shape index (κ1) is 17.7. The lowest BCUT2D eigenvalue weighted by Gasteiger charge is -2.26. The molecule has 0 spiro atoms. The third-order valence-corrected chi connectivity index (χ3v) is 5.87. The molecule has 5 heteroatoms. The van der Waals surface area contributed by atoms with Crippen molar-refractivity contribution in [1.29, 1.82) is 0 Å². The summed E-state index contributed by atoms with van der Waals surface area (Å²) in [6.07, 6.45) is 9.67. The van der Waals surface area contributed by atoms with Crippen LogP contribution in [0.5, 0.6) is 0 Å². The number of hydrogen-bond donors (Lipinski definition) is 1. The molecule has 4 nitrogen and oxygen atoms in total. The van der Waals surface area contributed by atoms with Crippen molar-refractivity contribution in [3.63, 3.8) is 0 Å². The van der Waals surface area contributed by atoms with Gasteiger partial charge in [0.2, 0.25) is 0 Å². The van der Waals surface area contributed by atoms with Crippen molar-refractivity contribution in [3.8, 4) is 0 Å². The largest absolute Gasteiger partial charge is 0.381 e. The number of amides is 1. The van der Waals surface area contributed by atoms with Gasteiger partial charge in [0.25, 0.3) is 5.91 Å². The van der Waals surface area contributed by atoms with Crippen LogP contribution >= 0.6 is 0 Å². The molecular formula is C21H27BN2O2. The topological polar surface area (TPSA) is 43.3 Å². The van der Waals surface area contributed by atoms with Crippen LogP contribution in [-0.4, -0.2) is 38.1 Å². The number of fused-ring (bicyclic) bond motifs is 1. The molecule has 1 saturated carbocycles. The first-order valence-corrected chi connectivity index (χ1v) is 9.95. The molecule has 136 valence electrons. The van der Waals surface area contributed by atoms with Crippen LogP contribution in [0, 0.1) is 11.8 Å². The van der Waals surface area contributed by atoms with Crippen molar-refractivity contribution in [1.82, 2.24) is 9.88 Å². The smallest absolute Gasteiger partial charge is 0.253 e. The molecule has 1 amide bonds. The van der Waals surface area contributed by atoms with E-state index in [-0.39, 0.29) is 5.91 Å². The third-order valence-electron chi connectivity index (χ3n) is 5.87. The van der Waals surface area contributed by atoms with Gasteiger partial charge in [0, 0.05) is 36.1 Å². The van der Waals surface area contributed by atoms with Gasteiger partial charge >= 0.3 is 0 Å². The Hall–Kier alpha value is -1.75. The Balaban J connectivity index is 1.53. The maximum absolute atomic E-state index is 12.9. The molecule has 0 bridgehead atoms. The van der Waals surface area contributed by atoms with Crippen LogP contribution in [0.4, 0.5) is 0 Å². The van der Waals surface area contributed by atoms with E-state index >= 15 is 0 Å². The molecule has 1 aromatic carbocycles. The first-order chi connectivity index (χ1) is 12.7. The average Bonchev–Trinajstić information content (AvgIpc) is 2.78. The first-order valence-electron chi connectivity index (χ1n) is 9.95. The van der Waals surface area contributed by atoms with Gasteiger partial charge in [0.1, 0.15) is 7.85 Å². The lowest BCUT2D eigenvalue weighted by molar-refractivity contribution is -0.0388. The van der Waals surface area contributed by atoms with Gasteiger partial charge in [-0.15, -0.1) is 0 Å². The molecule has 2 aliphatic rings. The summed E-state index contributed by atoms with van der Waals surface area (Å²) in [5.74, 6) is 1.13. The predicted octanol–water partition coefficient (Wildman–Crippen LogP) is 2.78. The van der Waals surface area contributed by atoms with E-state index in [4.69, 9.17) is 12.6 Å². The molecule has 26 heavy (non-hydrogen) atoms. The SMILES string of the molecule is [B]c1cccc2c1c(C(=O)NCC1CCCCCC1)cn2CC1COC1. The highest BCUT2D eigenvalue weighted by atomic mass is 16.5. The lowest BCUT2D eigenvalue weighted by atomic mass is 9.90. The molecule has 1 aliphatic carbocycles. The van der Waals surface area contributed by atoms with Crippen LogP contribution in [0.25, 0.3) is 10.9 Å². The fourth-order valence-corrected chi connectivity index (χ4v) is 4.27. The van der Waals surface area contributed by atoms with E-state index in [0.717, 1.165) is 37.2 Å². The zero-order valence-electron chi connectivity index (χ0n) is 15.4. The molecule has 1 aromatic heterocycles. The highest BCUT2D eigenvalue weighted by molar-refractivity contribution is 6.40. The summed E-state index contributed by atoms with van der Waals surface area (Å²) in [5, 5.41) is 4.06. The minimum atomic E-state index is 0.000700. The number of carbonyl (C=O) groups excluding carboxylic acids is 1. The van der Waals surface area contributed by atoms with Crippen molar-refractivity contribution in [3.05, 3.63) is 30.0 Å². The van der Waals surface area contributed by atoms with E-state index in [2.05, 4.69) is 9.88 Å². The summed E-state index contributed by atoms with van der Waals surface area (Å²) in [5.41, 5.74) is 2.41. The van der Waals surface area contributed by atoms with Crippen LogP contribution in [0.1, 0.15) is 48.9 Å². The van der Waals surface area contributed by atoms with Gasteiger partial charge < -0.3 is 14.6 Å². The number of ether oxygens (including phenoxy) is 1. The second-order valence-electron chi connectivity index (χ2n) is 7.91. The van der Waals surface area contributed by atoms with Crippen molar-refractivity contribution < 1.29 is 9.53 Å². The summed E-state index contributed by atoms with van der Waals surface area (Å²) in [6, 6.07) is 5.88. The Morgan fingerprint density at radius 1 is 1.15 bits per heavy atom. The van der Waals surface area contributed by atoms with Crippen molar-refractivity contribution >= 4 is 30.1 Å². The van der Waals surface area contributed by atoms with Gasteiger partial charge in [-0.2, -0.15) is 0 Å². The molecule has 0 atom stereocenters. The van der Waals surface area contributed by atoms with Crippen LogP contribution < -0.4 is 10.8 Å². The maximum atomic E-state index is 12.9. The van der Waals surface area contributed by atoms with Crippen LogP contribution in [0.15, 0.2) is 24.4 Å². The Kier molecular flexibility index (Phi) is 5.35. The summed E-state index contributed by atoms with van der Waals surface area (Å²) in [4.78, 5) is 12.9. The second-order valence-corrected chi connectivity index (χ2v) is 7.91. The Labute approximate surface area is 156 Å². The zero-order chi connectivity index (χ0) is 17.9. The molecule has 0 unspecified atom stereocenters.